The first kappa shape index (κ1) is 12.8. The van der Waals surface area contributed by atoms with Crippen LogP contribution >= 0.6 is 15.9 Å². The van der Waals surface area contributed by atoms with Crippen LogP contribution in [-0.4, -0.2) is 46.8 Å². The number of rotatable bonds is 1. The minimum Gasteiger partial charge on any atom is -0.390 e. The van der Waals surface area contributed by atoms with Crippen LogP contribution in [0.25, 0.3) is 0 Å². The van der Waals surface area contributed by atoms with Crippen molar-refractivity contribution in [3.8, 4) is 0 Å². The van der Waals surface area contributed by atoms with Crippen molar-refractivity contribution in [2.75, 3.05) is 11.9 Å². The van der Waals surface area contributed by atoms with Gasteiger partial charge in [0.05, 0.1) is 12.2 Å². The zero-order valence-corrected chi connectivity index (χ0v) is 10.8. The number of aliphatic hydroxyl groups excluding tert-OH is 2. The topological polar surface area (TPSA) is 58.9 Å². The second kappa shape index (κ2) is 5.78. The van der Waals surface area contributed by atoms with Gasteiger partial charge in [-0.15, -0.1) is 0 Å². The normalized spacial score (nSPS) is 45.6. The minimum absolute atomic E-state index is 0.00678. The molecule has 0 aromatic carbocycles. The summed E-state index contributed by atoms with van der Waals surface area (Å²) in [5.41, 5.74) is 0. The molecule has 2 N–H and O–H groups in total. The lowest BCUT2D eigenvalue weighted by Gasteiger charge is -2.43. The van der Waals surface area contributed by atoms with E-state index in [1.54, 1.807) is 0 Å². The van der Waals surface area contributed by atoms with Crippen LogP contribution in [-0.2, 0) is 9.47 Å². The Hall–Kier alpha value is 0.320. The monoisotopic (exact) mass is 294 g/mol. The summed E-state index contributed by atoms with van der Waals surface area (Å²) in [4.78, 5) is 0. The van der Waals surface area contributed by atoms with Gasteiger partial charge in [-0.3, -0.25) is 0 Å². The summed E-state index contributed by atoms with van der Waals surface area (Å²) in [7, 11) is 0. The van der Waals surface area contributed by atoms with Crippen LogP contribution in [0.5, 0.6) is 0 Å². The highest BCUT2D eigenvalue weighted by molar-refractivity contribution is 9.09. The highest BCUT2D eigenvalue weighted by Crippen LogP contribution is 2.32. The smallest absolute Gasteiger partial charge is 0.186 e. The summed E-state index contributed by atoms with van der Waals surface area (Å²) in [6.45, 7) is 0.591. The van der Waals surface area contributed by atoms with Crippen molar-refractivity contribution in [2.24, 2.45) is 5.92 Å². The second-order valence-electron chi connectivity index (χ2n) is 4.56. The Bertz CT molecular complexity index is 222. The maximum atomic E-state index is 10.1. The summed E-state index contributed by atoms with van der Waals surface area (Å²) in [5, 5.41) is 20.6. The molecule has 5 atom stereocenters. The maximum absolute atomic E-state index is 10.1. The second-order valence-corrected chi connectivity index (χ2v) is 5.21. The largest absolute Gasteiger partial charge is 0.390 e. The van der Waals surface area contributed by atoms with E-state index in [2.05, 4.69) is 15.9 Å². The van der Waals surface area contributed by atoms with Crippen LogP contribution in [0.1, 0.15) is 25.7 Å². The number of hydrogen-bond acceptors (Lipinski definition) is 4. The average molecular weight is 295 g/mol. The molecule has 0 radical (unpaired) electrons. The van der Waals surface area contributed by atoms with E-state index < -0.39 is 18.5 Å². The molecule has 4 nitrogen and oxygen atoms in total. The molecule has 3 rings (SSSR count). The minimum atomic E-state index is -0.918. The van der Waals surface area contributed by atoms with Gasteiger partial charge in [0.25, 0.3) is 0 Å². The van der Waals surface area contributed by atoms with Crippen LogP contribution < -0.4 is 0 Å². The van der Waals surface area contributed by atoms with Crippen molar-refractivity contribution in [1.82, 2.24) is 0 Å². The fraction of sp³-hybridized carbons (Fsp3) is 1.00. The number of halogens is 1. The highest BCUT2D eigenvalue weighted by atomic mass is 79.9. The Morgan fingerprint density at radius 2 is 1.94 bits per heavy atom. The van der Waals surface area contributed by atoms with Gasteiger partial charge >= 0.3 is 0 Å². The lowest BCUT2D eigenvalue weighted by Crippen LogP contribution is -2.56. The molecule has 3 saturated heterocycles. The molecule has 2 unspecified atom stereocenters. The number of ether oxygens (including phenoxy) is 2. The summed E-state index contributed by atoms with van der Waals surface area (Å²) >= 11 is 3.39. The number of aliphatic hydroxyl groups is 2. The number of hydrogen-bond donors (Lipinski definition) is 2. The van der Waals surface area contributed by atoms with E-state index in [-0.39, 0.29) is 12.0 Å². The van der Waals surface area contributed by atoms with Crippen LogP contribution in [0.2, 0.25) is 0 Å². The Morgan fingerprint density at radius 3 is 2.69 bits per heavy atom. The molecule has 0 amide bonds. The average Bonchev–Trinajstić information content (AvgIpc) is 2.31. The van der Waals surface area contributed by atoms with E-state index in [9.17, 15) is 10.2 Å². The number of alkyl halides is 1. The van der Waals surface area contributed by atoms with Crippen molar-refractivity contribution in [3.63, 3.8) is 0 Å². The zero-order chi connectivity index (χ0) is 11.5. The van der Waals surface area contributed by atoms with Gasteiger partial charge in [0.15, 0.2) is 6.29 Å². The van der Waals surface area contributed by atoms with Gasteiger partial charge in [-0.05, 0) is 12.8 Å². The molecular weight excluding hydrogens is 276 g/mol. The van der Waals surface area contributed by atoms with Crippen LogP contribution in [0, 0.1) is 5.92 Å². The van der Waals surface area contributed by atoms with Gasteiger partial charge in [0.1, 0.15) is 6.10 Å². The fourth-order valence-corrected chi connectivity index (χ4v) is 3.12. The SMILES string of the molecule is OC1C(O)[C@@H]2CCCCCO[C@H]1O[C@@H]2CBr. The third-order valence-corrected chi connectivity index (χ3v) is 4.11. The molecule has 5 heteroatoms. The Kier molecular flexibility index (Phi) is 4.61. The third kappa shape index (κ3) is 2.59. The first-order valence-corrected chi connectivity index (χ1v) is 7.05. The first-order valence-electron chi connectivity index (χ1n) is 5.93. The van der Waals surface area contributed by atoms with Crippen LogP contribution in [0.15, 0.2) is 0 Å². The lowest BCUT2D eigenvalue weighted by atomic mass is 9.85. The van der Waals surface area contributed by atoms with Crippen molar-refractivity contribution < 1.29 is 19.7 Å². The van der Waals surface area contributed by atoms with E-state index in [0.717, 1.165) is 25.7 Å². The highest BCUT2D eigenvalue weighted by Gasteiger charge is 2.44. The lowest BCUT2D eigenvalue weighted by molar-refractivity contribution is -0.283. The molecule has 0 spiro atoms. The van der Waals surface area contributed by atoms with Gasteiger partial charge < -0.3 is 19.7 Å². The predicted octanol–water partition coefficient (Wildman–Crippen LogP) is 1.03. The molecule has 0 saturated carbocycles. The molecule has 16 heavy (non-hydrogen) atoms. The Morgan fingerprint density at radius 1 is 1.12 bits per heavy atom. The molecular formula is C11H19BrO4. The molecule has 94 valence electrons. The van der Waals surface area contributed by atoms with E-state index in [1.165, 1.54) is 0 Å². The van der Waals surface area contributed by atoms with Crippen LogP contribution in [0.4, 0.5) is 0 Å². The van der Waals surface area contributed by atoms with Gasteiger partial charge in [0.2, 0.25) is 0 Å². The summed E-state index contributed by atoms with van der Waals surface area (Å²) in [6.07, 6.45) is 1.66. The molecule has 2 bridgehead atoms. The summed E-state index contributed by atoms with van der Waals surface area (Å²) < 4.78 is 11.1. The van der Waals surface area contributed by atoms with Crippen molar-refractivity contribution in [2.45, 2.75) is 50.3 Å². The maximum Gasteiger partial charge on any atom is 0.186 e. The standard InChI is InChI=1S/C11H19BrO4/c12-6-8-7-4-2-1-3-5-15-11(16-8)10(14)9(7)13/h7-11,13-14H,1-6H2/t7-,8-,9?,10?,11+/m1/s1. The Balaban J connectivity index is 2.12. The first-order chi connectivity index (χ1) is 7.74. The predicted molar refractivity (Wildman–Crippen MR) is 62.4 cm³/mol. The van der Waals surface area contributed by atoms with Crippen LogP contribution in [0.3, 0.4) is 0 Å². The van der Waals surface area contributed by atoms with Gasteiger partial charge in [-0.25, -0.2) is 0 Å². The van der Waals surface area contributed by atoms with E-state index in [0.29, 0.717) is 11.9 Å². The van der Waals surface area contributed by atoms with Crippen molar-refractivity contribution >= 4 is 15.9 Å². The zero-order valence-electron chi connectivity index (χ0n) is 9.22. The molecule has 0 aromatic heterocycles. The van der Waals surface area contributed by atoms with Gasteiger partial charge in [-0.2, -0.15) is 0 Å². The molecule has 3 aliphatic heterocycles. The number of fused-ring (bicyclic) bond motifs is 7. The Labute approximate surface area is 104 Å². The van der Waals surface area contributed by atoms with Crippen molar-refractivity contribution in [1.29, 1.82) is 0 Å². The van der Waals surface area contributed by atoms with Gasteiger partial charge in [0, 0.05) is 17.9 Å². The van der Waals surface area contributed by atoms with E-state index in [4.69, 9.17) is 9.47 Å². The van der Waals surface area contributed by atoms with Gasteiger partial charge in [-0.1, -0.05) is 28.8 Å². The fourth-order valence-electron chi connectivity index (χ4n) is 2.49. The molecule has 3 heterocycles. The quantitative estimate of drug-likeness (QED) is 0.710. The summed E-state index contributed by atoms with van der Waals surface area (Å²) in [6, 6.07) is 0. The molecule has 3 fully saturated rings. The molecule has 0 aromatic rings. The summed E-state index contributed by atoms with van der Waals surface area (Å²) in [5.74, 6) is 0.00678. The molecule has 0 aliphatic carbocycles. The van der Waals surface area contributed by atoms with E-state index >= 15 is 0 Å². The third-order valence-electron chi connectivity index (χ3n) is 3.47. The van der Waals surface area contributed by atoms with E-state index in [1.807, 2.05) is 0 Å². The molecule has 3 aliphatic rings. The van der Waals surface area contributed by atoms with Crippen molar-refractivity contribution in [3.05, 3.63) is 0 Å².